The molecular weight excluding hydrogens is 276 g/mol. The normalized spacial score (nSPS) is 10.0. The van der Waals surface area contributed by atoms with Crippen LogP contribution >= 0.6 is 11.6 Å². The van der Waals surface area contributed by atoms with Crippen LogP contribution in [0, 0.1) is 10.1 Å². The summed E-state index contributed by atoms with van der Waals surface area (Å²) < 4.78 is 0. The van der Waals surface area contributed by atoms with Gasteiger partial charge in [0.1, 0.15) is 5.56 Å². The van der Waals surface area contributed by atoms with Crippen LogP contribution in [0.25, 0.3) is 0 Å². The van der Waals surface area contributed by atoms with Crippen molar-refractivity contribution in [1.82, 2.24) is 4.90 Å². The third-order valence-electron chi connectivity index (χ3n) is 2.39. The Kier molecular flexibility index (Phi) is 4.82. The molecular formula is C11H11ClN2O5. The molecule has 0 bridgehead atoms. The van der Waals surface area contributed by atoms with E-state index in [9.17, 15) is 19.7 Å². The monoisotopic (exact) mass is 286 g/mol. The van der Waals surface area contributed by atoms with Gasteiger partial charge in [-0.3, -0.25) is 19.7 Å². The molecule has 1 aromatic rings. The molecule has 102 valence electrons. The summed E-state index contributed by atoms with van der Waals surface area (Å²) in [5.41, 5.74) is -0.526. The molecule has 0 heterocycles. The highest BCUT2D eigenvalue weighted by atomic mass is 35.5. The topological polar surface area (TPSA) is 101 Å². The van der Waals surface area contributed by atoms with Gasteiger partial charge in [-0.05, 0) is 12.1 Å². The molecule has 0 radical (unpaired) electrons. The van der Waals surface area contributed by atoms with E-state index in [0.717, 1.165) is 11.0 Å². The van der Waals surface area contributed by atoms with Crippen molar-refractivity contribution in [2.24, 2.45) is 0 Å². The number of amides is 1. The summed E-state index contributed by atoms with van der Waals surface area (Å²) >= 11 is 5.64. The Balaban J connectivity index is 2.99. The fraction of sp³-hybridized carbons (Fsp3) is 0.273. The van der Waals surface area contributed by atoms with Gasteiger partial charge in [0, 0.05) is 24.7 Å². The van der Waals surface area contributed by atoms with E-state index in [4.69, 9.17) is 16.7 Å². The average Bonchev–Trinajstić information content (AvgIpc) is 2.34. The lowest BCUT2D eigenvalue weighted by atomic mass is 10.1. The SMILES string of the molecule is CN(CCC(=O)O)C(=O)c1ccc(Cl)cc1[N+](=O)[O-]. The fourth-order valence-electron chi connectivity index (χ4n) is 1.41. The lowest BCUT2D eigenvalue weighted by molar-refractivity contribution is -0.385. The van der Waals surface area contributed by atoms with E-state index in [-0.39, 0.29) is 23.6 Å². The third kappa shape index (κ3) is 3.92. The molecule has 7 nitrogen and oxygen atoms in total. The number of carboxylic acid groups (broad SMARTS) is 1. The second-order valence-electron chi connectivity index (χ2n) is 3.79. The quantitative estimate of drug-likeness (QED) is 0.657. The molecule has 0 saturated heterocycles. The molecule has 0 atom stereocenters. The van der Waals surface area contributed by atoms with Crippen LogP contribution in [-0.4, -0.2) is 40.4 Å². The van der Waals surface area contributed by atoms with Gasteiger partial charge in [-0.1, -0.05) is 11.6 Å². The van der Waals surface area contributed by atoms with Crippen LogP contribution in [0.2, 0.25) is 5.02 Å². The first-order chi connectivity index (χ1) is 8.82. The van der Waals surface area contributed by atoms with Crippen molar-refractivity contribution in [2.45, 2.75) is 6.42 Å². The molecule has 0 fully saturated rings. The molecule has 0 aromatic heterocycles. The summed E-state index contributed by atoms with van der Waals surface area (Å²) in [4.78, 5) is 33.7. The smallest absolute Gasteiger partial charge is 0.305 e. The van der Waals surface area contributed by atoms with Crippen molar-refractivity contribution < 1.29 is 19.6 Å². The Morgan fingerprint density at radius 1 is 1.47 bits per heavy atom. The van der Waals surface area contributed by atoms with E-state index in [2.05, 4.69) is 0 Å². The number of carboxylic acids is 1. The van der Waals surface area contributed by atoms with Gasteiger partial charge in [0.05, 0.1) is 11.3 Å². The number of nitrogens with zero attached hydrogens (tertiary/aromatic N) is 2. The highest BCUT2D eigenvalue weighted by Gasteiger charge is 2.23. The van der Waals surface area contributed by atoms with E-state index in [1.54, 1.807) is 0 Å². The Morgan fingerprint density at radius 2 is 2.11 bits per heavy atom. The molecule has 0 aliphatic carbocycles. The molecule has 8 heteroatoms. The number of nitro groups is 1. The number of halogens is 1. The average molecular weight is 287 g/mol. The second-order valence-corrected chi connectivity index (χ2v) is 4.23. The van der Waals surface area contributed by atoms with Gasteiger partial charge in [-0.15, -0.1) is 0 Å². The zero-order valence-corrected chi connectivity index (χ0v) is 10.8. The van der Waals surface area contributed by atoms with Gasteiger partial charge < -0.3 is 10.0 Å². The first-order valence-electron chi connectivity index (χ1n) is 5.24. The molecule has 1 aromatic carbocycles. The first kappa shape index (κ1) is 14.9. The highest BCUT2D eigenvalue weighted by molar-refractivity contribution is 6.31. The molecule has 0 spiro atoms. The van der Waals surface area contributed by atoms with Crippen LogP contribution in [0.5, 0.6) is 0 Å². The third-order valence-corrected chi connectivity index (χ3v) is 2.63. The summed E-state index contributed by atoms with van der Waals surface area (Å²) in [5, 5.41) is 19.5. The predicted molar refractivity (Wildman–Crippen MR) is 67.3 cm³/mol. The predicted octanol–water partition coefficient (Wildman–Crippen LogP) is 1.79. The molecule has 1 N–H and O–H groups in total. The summed E-state index contributed by atoms with van der Waals surface area (Å²) in [6.07, 6.45) is -0.233. The van der Waals surface area contributed by atoms with Gasteiger partial charge in [-0.25, -0.2) is 0 Å². The minimum absolute atomic E-state index is 0.0338. The van der Waals surface area contributed by atoms with Gasteiger partial charge >= 0.3 is 5.97 Å². The summed E-state index contributed by atoms with van der Waals surface area (Å²) in [5.74, 6) is -1.67. The number of hydrogen-bond acceptors (Lipinski definition) is 4. The lowest BCUT2D eigenvalue weighted by Crippen LogP contribution is -2.29. The molecule has 1 amide bonds. The van der Waals surface area contributed by atoms with Crippen molar-refractivity contribution in [3.63, 3.8) is 0 Å². The lowest BCUT2D eigenvalue weighted by Gasteiger charge is -2.15. The van der Waals surface area contributed by atoms with Crippen molar-refractivity contribution in [3.8, 4) is 0 Å². The largest absolute Gasteiger partial charge is 0.481 e. The minimum Gasteiger partial charge on any atom is -0.481 e. The maximum atomic E-state index is 12.0. The van der Waals surface area contributed by atoms with Crippen LogP contribution in [-0.2, 0) is 4.79 Å². The molecule has 1 rings (SSSR count). The van der Waals surface area contributed by atoms with Crippen molar-refractivity contribution in [2.75, 3.05) is 13.6 Å². The number of aliphatic carboxylic acids is 1. The highest BCUT2D eigenvalue weighted by Crippen LogP contribution is 2.24. The summed E-state index contributed by atoms with van der Waals surface area (Å²) in [6, 6.07) is 3.70. The zero-order chi connectivity index (χ0) is 14.6. The van der Waals surface area contributed by atoms with Gasteiger partial charge in [-0.2, -0.15) is 0 Å². The van der Waals surface area contributed by atoms with Crippen LogP contribution in [0.1, 0.15) is 16.8 Å². The number of carbonyl (C=O) groups excluding carboxylic acids is 1. The van der Waals surface area contributed by atoms with Crippen LogP contribution < -0.4 is 0 Å². The van der Waals surface area contributed by atoms with E-state index >= 15 is 0 Å². The van der Waals surface area contributed by atoms with E-state index < -0.39 is 22.5 Å². The van der Waals surface area contributed by atoms with Gasteiger partial charge in [0.15, 0.2) is 0 Å². The molecule has 0 unspecified atom stereocenters. The first-order valence-corrected chi connectivity index (χ1v) is 5.62. The number of carbonyl (C=O) groups is 2. The maximum absolute atomic E-state index is 12.0. The number of hydrogen-bond donors (Lipinski definition) is 1. The fourth-order valence-corrected chi connectivity index (χ4v) is 1.57. The van der Waals surface area contributed by atoms with Crippen molar-refractivity contribution in [3.05, 3.63) is 38.9 Å². The van der Waals surface area contributed by atoms with E-state index in [1.165, 1.54) is 19.2 Å². The molecule has 0 aliphatic rings. The number of rotatable bonds is 5. The summed E-state index contributed by atoms with van der Waals surface area (Å²) in [7, 11) is 1.38. The summed E-state index contributed by atoms with van der Waals surface area (Å²) in [6.45, 7) is -0.0338. The second kappa shape index (κ2) is 6.14. The van der Waals surface area contributed by atoms with Crippen molar-refractivity contribution in [1.29, 1.82) is 0 Å². The number of benzene rings is 1. The van der Waals surface area contributed by atoms with Crippen LogP contribution in [0.4, 0.5) is 5.69 Å². The van der Waals surface area contributed by atoms with Crippen molar-refractivity contribution >= 4 is 29.2 Å². The van der Waals surface area contributed by atoms with Gasteiger partial charge in [0.2, 0.25) is 0 Å². The van der Waals surface area contributed by atoms with E-state index in [0.29, 0.717) is 0 Å². The Labute approximate surface area is 113 Å². The Hall–Kier alpha value is -2.15. The molecule has 19 heavy (non-hydrogen) atoms. The Morgan fingerprint density at radius 3 is 2.63 bits per heavy atom. The van der Waals surface area contributed by atoms with E-state index in [1.807, 2.05) is 0 Å². The zero-order valence-electron chi connectivity index (χ0n) is 10.00. The maximum Gasteiger partial charge on any atom is 0.305 e. The Bertz CT molecular complexity index is 532. The molecule has 0 saturated carbocycles. The number of nitro benzene ring substituents is 1. The standard InChI is InChI=1S/C11H11ClN2O5/c1-13(5-4-10(15)16)11(17)8-3-2-7(12)6-9(8)14(18)19/h2-3,6H,4-5H2,1H3,(H,15,16). The van der Waals surface area contributed by atoms with Crippen LogP contribution in [0.3, 0.4) is 0 Å². The van der Waals surface area contributed by atoms with Gasteiger partial charge in [0.25, 0.3) is 11.6 Å². The molecule has 0 aliphatic heterocycles. The minimum atomic E-state index is -1.05. The van der Waals surface area contributed by atoms with Crippen LogP contribution in [0.15, 0.2) is 18.2 Å².